The topological polar surface area (TPSA) is 46.6 Å². The molecule has 88 valence electrons. The Bertz CT molecular complexity index is 465. The molecule has 1 heterocycles. The first kappa shape index (κ1) is 11.4. The summed E-state index contributed by atoms with van der Waals surface area (Å²) >= 11 is 0. The molecule has 1 fully saturated rings. The SMILES string of the molecule is CC(=O)O/C=C1/CCN(c2ccccc2)C1=O. The lowest BCUT2D eigenvalue weighted by atomic mass is 10.2. The first-order chi connectivity index (χ1) is 8.18. The minimum absolute atomic E-state index is 0.0996. The van der Waals surface area contributed by atoms with Crippen molar-refractivity contribution in [1.29, 1.82) is 0 Å². The third kappa shape index (κ3) is 2.53. The number of carbonyl (C=O) groups excluding carboxylic acids is 2. The van der Waals surface area contributed by atoms with Crippen molar-refractivity contribution < 1.29 is 14.3 Å². The standard InChI is InChI=1S/C13H13NO3/c1-10(15)17-9-11-7-8-14(13(11)16)12-5-3-2-4-6-12/h2-6,9H,7-8H2,1H3/b11-9-. The van der Waals surface area contributed by atoms with E-state index in [0.717, 1.165) is 5.69 Å². The quantitative estimate of drug-likeness (QED) is 0.443. The van der Waals surface area contributed by atoms with E-state index in [-0.39, 0.29) is 5.91 Å². The number of anilines is 1. The molecule has 1 aliphatic rings. The zero-order valence-electron chi connectivity index (χ0n) is 9.55. The molecule has 0 saturated carbocycles. The van der Waals surface area contributed by atoms with E-state index in [4.69, 9.17) is 4.74 Å². The van der Waals surface area contributed by atoms with Crippen LogP contribution in [0.15, 0.2) is 42.2 Å². The lowest BCUT2D eigenvalue weighted by Gasteiger charge is -2.14. The fourth-order valence-electron chi connectivity index (χ4n) is 1.73. The van der Waals surface area contributed by atoms with Gasteiger partial charge in [0.15, 0.2) is 0 Å². The van der Waals surface area contributed by atoms with Crippen LogP contribution in [0.25, 0.3) is 0 Å². The van der Waals surface area contributed by atoms with Crippen molar-refractivity contribution in [3.63, 3.8) is 0 Å². The smallest absolute Gasteiger partial charge is 0.307 e. The average molecular weight is 231 g/mol. The van der Waals surface area contributed by atoms with E-state index < -0.39 is 5.97 Å². The van der Waals surface area contributed by atoms with Crippen LogP contribution in [0.5, 0.6) is 0 Å². The van der Waals surface area contributed by atoms with Crippen LogP contribution in [-0.4, -0.2) is 18.4 Å². The van der Waals surface area contributed by atoms with Gasteiger partial charge < -0.3 is 9.64 Å². The highest BCUT2D eigenvalue weighted by Gasteiger charge is 2.27. The zero-order chi connectivity index (χ0) is 12.3. The van der Waals surface area contributed by atoms with E-state index in [1.165, 1.54) is 13.2 Å². The van der Waals surface area contributed by atoms with Gasteiger partial charge >= 0.3 is 5.97 Å². The first-order valence-corrected chi connectivity index (χ1v) is 5.41. The molecule has 1 saturated heterocycles. The number of ether oxygens (including phenoxy) is 1. The van der Waals surface area contributed by atoms with E-state index in [0.29, 0.717) is 18.5 Å². The number of esters is 1. The Morgan fingerprint density at radius 3 is 2.71 bits per heavy atom. The first-order valence-electron chi connectivity index (χ1n) is 5.41. The van der Waals surface area contributed by atoms with Gasteiger partial charge in [-0.05, 0) is 18.6 Å². The molecule has 1 aromatic rings. The number of carbonyl (C=O) groups is 2. The molecular formula is C13H13NO3. The molecule has 1 amide bonds. The van der Waals surface area contributed by atoms with Crippen LogP contribution in [0.4, 0.5) is 5.69 Å². The van der Waals surface area contributed by atoms with Crippen molar-refractivity contribution in [2.45, 2.75) is 13.3 Å². The van der Waals surface area contributed by atoms with Crippen LogP contribution in [-0.2, 0) is 14.3 Å². The molecule has 0 radical (unpaired) electrons. The maximum absolute atomic E-state index is 12.0. The monoisotopic (exact) mass is 231 g/mol. The Labute approximate surface area is 99.5 Å². The van der Waals surface area contributed by atoms with Gasteiger partial charge in [0, 0.05) is 19.2 Å². The minimum atomic E-state index is -0.413. The molecule has 0 aromatic heterocycles. The van der Waals surface area contributed by atoms with Crippen molar-refractivity contribution in [1.82, 2.24) is 0 Å². The van der Waals surface area contributed by atoms with E-state index in [1.54, 1.807) is 4.90 Å². The second-order valence-corrected chi connectivity index (χ2v) is 3.79. The van der Waals surface area contributed by atoms with Gasteiger partial charge in [0.2, 0.25) is 0 Å². The van der Waals surface area contributed by atoms with Crippen molar-refractivity contribution in [3.8, 4) is 0 Å². The van der Waals surface area contributed by atoms with Crippen LogP contribution in [0.2, 0.25) is 0 Å². The van der Waals surface area contributed by atoms with E-state index in [2.05, 4.69) is 0 Å². The number of para-hydroxylation sites is 1. The van der Waals surface area contributed by atoms with Gasteiger partial charge in [0.1, 0.15) is 6.26 Å². The zero-order valence-corrected chi connectivity index (χ0v) is 9.55. The highest BCUT2D eigenvalue weighted by molar-refractivity contribution is 6.08. The van der Waals surface area contributed by atoms with Gasteiger partial charge in [0.25, 0.3) is 5.91 Å². The summed E-state index contributed by atoms with van der Waals surface area (Å²) in [5.74, 6) is -0.513. The summed E-state index contributed by atoms with van der Waals surface area (Å²) in [6.45, 7) is 1.93. The summed E-state index contributed by atoms with van der Waals surface area (Å²) in [5, 5.41) is 0. The molecule has 0 aliphatic carbocycles. The fraction of sp³-hybridized carbons (Fsp3) is 0.231. The Kier molecular flexibility index (Phi) is 3.23. The second kappa shape index (κ2) is 4.82. The van der Waals surface area contributed by atoms with E-state index in [1.807, 2.05) is 30.3 Å². The fourth-order valence-corrected chi connectivity index (χ4v) is 1.73. The molecule has 0 bridgehead atoms. The molecule has 2 rings (SSSR count). The van der Waals surface area contributed by atoms with Gasteiger partial charge in [-0.3, -0.25) is 9.59 Å². The highest BCUT2D eigenvalue weighted by atomic mass is 16.5. The largest absolute Gasteiger partial charge is 0.434 e. The van der Waals surface area contributed by atoms with Crippen LogP contribution in [0.3, 0.4) is 0 Å². The van der Waals surface area contributed by atoms with Crippen molar-refractivity contribution in [2.24, 2.45) is 0 Å². The third-order valence-electron chi connectivity index (χ3n) is 2.56. The van der Waals surface area contributed by atoms with Crippen LogP contribution in [0.1, 0.15) is 13.3 Å². The predicted octanol–water partition coefficient (Wildman–Crippen LogP) is 1.87. The number of amides is 1. The lowest BCUT2D eigenvalue weighted by molar-refractivity contribution is -0.135. The van der Waals surface area contributed by atoms with Gasteiger partial charge in [-0.25, -0.2) is 0 Å². The molecule has 4 heteroatoms. The summed E-state index contributed by atoms with van der Waals surface area (Å²) in [7, 11) is 0. The van der Waals surface area contributed by atoms with Gasteiger partial charge in [0.05, 0.1) is 5.57 Å². The van der Waals surface area contributed by atoms with Crippen LogP contribution < -0.4 is 4.90 Å². The Hall–Kier alpha value is -2.10. The molecule has 17 heavy (non-hydrogen) atoms. The van der Waals surface area contributed by atoms with Gasteiger partial charge in [-0.15, -0.1) is 0 Å². The number of hydrogen-bond donors (Lipinski definition) is 0. The van der Waals surface area contributed by atoms with Crippen molar-refractivity contribution in [3.05, 3.63) is 42.2 Å². The van der Waals surface area contributed by atoms with Crippen molar-refractivity contribution >= 4 is 17.6 Å². The second-order valence-electron chi connectivity index (χ2n) is 3.79. The average Bonchev–Trinajstić information content (AvgIpc) is 2.69. The third-order valence-corrected chi connectivity index (χ3v) is 2.56. The number of rotatable bonds is 2. The Morgan fingerprint density at radius 1 is 1.35 bits per heavy atom. The van der Waals surface area contributed by atoms with Crippen LogP contribution >= 0.6 is 0 Å². The molecular weight excluding hydrogens is 218 g/mol. The Morgan fingerprint density at radius 2 is 2.06 bits per heavy atom. The molecule has 0 atom stereocenters. The molecule has 1 aliphatic heterocycles. The lowest BCUT2D eigenvalue weighted by Crippen LogP contribution is -2.24. The summed E-state index contributed by atoms with van der Waals surface area (Å²) in [6.07, 6.45) is 1.86. The maximum Gasteiger partial charge on any atom is 0.307 e. The molecule has 0 unspecified atom stereocenters. The molecule has 4 nitrogen and oxygen atoms in total. The summed E-state index contributed by atoms with van der Waals surface area (Å²) in [6, 6.07) is 9.44. The number of hydrogen-bond acceptors (Lipinski definition) is 3. The van der Waals surface area contributed by atoms with Gasteiger partial charge in [-0.2, -0.15) is 0 Å². The summed E-state index contributed by atoms with van der Waals surface area (Å²) in [5.41, 5.74) is 1.40. The summed E-state index contributed by atoms with van der Waals surface area (Å²) < 4.78 is 4.73. The summed E-state index contributed by atoms with van der Waals surface area (Å²) in [4.78, 5) is 24.3. The maximum atomic E-state index is 12.0. The van der Waals surface area contributed by atoms with Crippen molar-refractivity contribution in [2.75, 3.05) is 11.4 Å². The van der Waals surface area contributed by atoms with E-state index in [9.17, 15) is 9.59 Å². The molecule has 0 N–H and O–H groups in total. The normalized spacial score (nSPS) is 17.6. The van der Waals surface area contributed by atoms with Crippen LogP contribution in [0, 0.1) is 0 Å². The van der Waals surface area contributed by atoms with E-state index >= 15 is 0 Å². The highest BCUT2D eigenvalue weighted by Crippen LogP contribution is 2.24. The number of nitrogens with zero attached hydrogens (tertiary/aromatic N) is 1. The minimum Gasteiger partial charge on any atom is -0.434 e. The predicted molar refractivity (Wildman–Crippen MR) is 63.3 cm³/mol. The molecule has 1 aromatic carbocycles. The molecule has 0 spiro atoms. The van der Waals surface area contributed by atoms with Gasteiger partial charge in [-0.1, -0.05) is 18.2 Å². The Balaban J connectivity index is 2.13. The number of benzene rings is 1.